The zero-order valence-corrected chi connectivity index (χ0v) is 13.5. The third kappa shape index (κ3) is 2.22. The summed E-state index contributed by atoms with van der Waals surface area (Å²) in [4.78, 5) is 20.7. The van der Waals surface area contributed by atoms with Gasteiger partial charge in [0.05, 0.1) is 11.8 Å². The number of hydrogen-bond acceptors (Lipinski definition) is 7. The molecule has 0 saturated heterocycles. The van der Waals surface area contributed by atoms with E-state index in [0.717, 1.165) is 0 Å². The van der Waals surface area contributed by atoms with Crippen LogP contribution in [0.15, 0.2) is 34.9 Å². The number of furan rings is 1. The van der Waals surface area contributed by atoms with E-state index in [9.17, 15) is 9.18 Å². The molecule has 0 amide bonds. The largest absolute Gasteiger partial charge is 0.463 e. The van der Waals surface area contributed by atoms with E-state index >= 15 is 0 Å². The van der Waals surface area contributed by atoms with E-state index in [0.29, 0.717) is 11.3 Å². The predicted molar refractivity (Wildman–Crippen MR) is 87.3 cm³/mol. The zero-order valence-electron chi connectivity index (χ0n) is 13.5. The Hall–Kier alpha value is -3.73. The SMILES string of the molecule is Cc1c(C2OC(=O)c3c(-c4ccco4)nc(N)nc32)ccc(C#N)c1F. The number of nitrogens with two attached hydrogens (primary N) is 1. The lowest BCUT2D eigenvalue weighted by Crippen LogP contribution is -2.08. The van der Waals surface area contributed by atoms with E-state index in [1.807, 2.05) is 0 Å². The van der Waals surface area contributed by atoms with Crippen LogP contribution in [-0.4, -0.2) is 15.9 Å². The minimum Gasteiger partial charge on any atom is -0.463 e. The maximum atomic E-state index is 14.3. The minimum atomic E-state index is -0.946. The lowest BCUT2D eigenvalue weighted by atomic mass is 9.97. The summed E-state index contributed by atoms with van der Waals surface area (Å²) in [6.45, 7) is 1.51. The molecule has 2 aromatic heterocycles. The van der Waals surface area contributed by atoms with E-state index in [2.05, 4.69) is 9.97 Å². The van der Waals surface area contributed by atoms with Crippen molar-refractivity contribution in [1.29, 1.82) is 5.26 Å². The van der Waals surface area contributed by atoms with Crippen molar-refractivity contribution in [2.75, 3.05) is 5.73 Å². The zero-order chi connectivity index (χ0) is 18.4. The molecule has 3 heterocycles. The Labute approximate surface area is 146 Å². The van der Waals surface area contributed by atoms with Crippen LogP contribution in [0.3, 0.4) is 0 Å². The van der Waals surface area contributed by atoms with E-state index in [1.54, 1.807) is 18.2 Å². The van der Waals surface area contributed by atoms with Crippen LogP contribution in [0.5, 0.6) is 0 Å². The van der Waals surface area contributed by atoms with E-state index in [1.165, 1.54) is 25.3 Å². The fraction of sp³-hybridized carbons (Fsp3) is 0.111. The predicted octanol–water partition coefficient (Wildman–Crippen LogP) is 2.90. The molecule has 0 fully saturated rings. The number of halogens is 1. The van der Waals surface area contributed by atoms with E-state index < -0.39 is 17.9 Å². The van der Waals surface area contributed by atoms with Crippen molar-refractivity contribution in [3.05, 3.63) is 64.3 Å². The van der Waals surface area contributed by atoms with Crippen LogP contribution >= 0.6 is 0 Å². The molecule has 0 saturated carbocycles. The number of ether oxygens (including phenoxy) is 1. The van der Waals surface area contributed by atoms with Crippen LogP contribution in [0.4, 0.5) is 10.3 Å². The van der Waals surface area contributed by atoms with Crippen LogP contribution < -0.4 is 5.73 Å². The molecule has 0 spiro atoms. The number of carbonyl (C=O) groups excluding carboxylic acids is 1. The molecule has 0 radical (unpaired) electrons. The number of rotatable bonds is 2. The number of esters is 1. The van der Waals surface area contributed by atoms with Crippen molar-refractivity contribution in [3.8, 4) is 17.5 Å². The Morgan fingerprint density at radius 1 is 1.31 bits per heavy atom. The third-order valence-electron chi connectivity index (χ3n) is 4.22. The van der Waals surface area contributed by atoms with Crippen LogP contribution in [0, 0.1) is 24.1 Å². The van der Waals surface area contributed by atoms with Crippen molar-refractivity contribution in [2.45, 2.75) is 13.0 Å². The second kappa shape index (κ2) is 5.67. The quantitative estimate of drug-likeness (QED) is 0.707. The van der Waals surface area contributed by atoms with Crippen molar-refractivity contribution >= 4 is 11.9 Å². The molecule has 0 aliphatic carbocycles. The van der Waals surface area contributed by atoms with Gasteiger partial charge in [0, 0.05) is 5.56 Å². The summed E-state index contributed by atoms with van der Waals surface area (Å²) in [6, 6.07) is 7.93. The number of fused-ring (bicyclic) bond motifs is 1. The topological polar surface area (TPSA) is 115 Å². The van der Waals surface area contributed by atoms with Gasteiger partial charge in [-0.05, 0) is 30.7 Å². The molecule has 2 N–H and O–H groups in total. The molecule has 1 atom stereocenters. The van der Waals surface area contributed by atoms with Gasteiger partial charge in [0.2, 0.25) is 5.95 Å². The first-order valence-corrected chi connectivity index (χ1v) is 7.62. The second-order valence-electron chi connectivity index (χ2n) is 5.71. The monoisotopic (exact) mass is 350 g/mol. The van der Waals surface area contributed by atoms with Gasteiger partial charge in [-0.1, -0.05) is 6.07 Å². The van der Waals surface area contributed by atoms with Gasteiger partial charge in [-0.15, -0.1) is 0 Å². The molecule has 26 heavy (non-hydrogen) atoms. The Balaban J connectivity index is 1.92. The van der Waals surface area contributed by atoms with Gasteiger partial charge >= 0.3 is 5.97 Å². The van der Waals surface area contributed by atoms with Crippen molar-refractivity contribution in [1.82, 2.24) is 9.97 Å². The Morgan fingerprint density at radius 2 is 2.12 bits per heavy atom. The standard InChI is InChI=1S/C18H11FN4O3/c1-8-10(5-4-9(7-20)13(8)19)16-15-12(17(24)26-16)14(22-18(21)23-15)11-3-2-6-25-11/h2-6,16H,1H3,(H2,21,22,23). The van der Waals surface area contributed by atoms with E-state index in [-0.39, 0.29) is 34.0 Å². The molecule has 1 aliphatic heterocycles. The van der Waals surface area contributed by atoms with Gasteiger partial charge in [0.15, 0.2) is 11.9 Å². The Bertz CT molecular complexity index is 1090. The van der Waals surface area contributed by atoms with Gasteiger partial charge in [0.1, 0.15) is 28.8 Å². The fourth-order valence-corrected chi connectivity index (χ4v) is 2.98. The lowest BCUT2D eigenvalue weighted by Gasteiger charge is -2.14. The second-order valence-corrected chi connectivity index (χ2v) is 5.71. The highest BCUT2D eigenvalue weighted by atomic mass is 19.1. The number of nitrogen functional groups attached to an aromatic ring is 1. The highest BCUT2D eigenvalue weighted by molar-refractivity contribution is 5.99. The smallest absolute Gasteiger partial charge is 0.343 e. The van der Waals surface area contributed by atoms with Crippen LogP contribution in [0.1, 0.15) is 38.8 Å². The van der Waals surface area contributed by atoms with Crippen LogP contribution in [-0.2, 0) is 4.74 Å². The number of benzene rings is 1. The van der Waals surface area contributed by atoms with Crippen molar-refractivity contribution in [2.24, 2.45) is 0 Å². The summed E-state index contributed by atoms with van der Waals surface area (Å²) in [5.41, 5.74) is 6.87. The molecule has 4 rings (SSSR count). The molecule has 1 aliphatic rings. The summed E-state index contributed by atoms with van der Waals surface area (Å²) >= 11 is 0. The molecule has 128 valence electrons. The maximum Gasteiger partial charge on any atom is 0.343 e. The molecule has 7 nitrogen and oxygen atoms in total. The Morgan fingerprint density at radius 3 is 2.81 bits per heavy atom. The normalized spacial score (nSPS) is 15.4. The highest BCUT2D eigenvalue weighted by Gasteiger charge is 2.39. The summed E-state index contributed by atoms with van der Waals surface area (Å²) in [5, 5.41) is 8.95. The first kappa shape index (κ1) is 15.8. The van der Waals surface area contributed by atoms with Gasteiger partial charge < -0.3 is 14.9 Å². The third-order valence-corrected chi connectivity index (χ3v) is 4.22. The van der Waals surface area contributed by atoms with Crippen LogP contribution in [0.25, 0.3) is 11.5 Å². The number of cyclic esters (lactones) is 1. The van der Waals surface area contributed by atoms with Gasteiger partial charge in [-0.3, -0.25) is 0 Å². The molecular weight excluding hydrogens is 339 g/mol. The first-order chi connectivity index (χ1) is 12.5. The summed E-state index contributed by atoms with van der Waals surface area (Å²) in [6.07, 6.45) is 0.497. The summed E-state index contributed by atoms with van der Waals surface area (Å²) in [7, 11) is 0. The van der Waals surface area contributed by atoms with Gasteiger partial charge in [-0.25, -0.2) is 19.2 Å². The van der Waals surface area contributed by atoms with Gasteiger partial charge in [0.25, 0.3) is 0 Å². The van der Waals surface area contributed by atoms with Crippen molar-refractivity contribution in [3.63, 3.8) is 0 Å². The average Bonchev–Trinajstić information content (AvgIpc) is 3.25. The maximum absolute atomic E-state index is 14.3. The number of anilines is 1. The Kier molecular flexibility index (Phi) is 3.44. The first-order valence-electron chi connectivity index (χ1n) is 7.62. The number of nitrogens with zero attached hydrogens (tertiary/aromatic N) is 3. The summed E-state index contributed by atoms with van der Waals surface area (Å²) < 4.78 is 25.1. The molecule has 0 bridgehead atoms. The number of carbonyl (C=O) groups is 1. The molecule has 8 heteroatoms. The number of nitriles is 1. The lowest BCUT2D eigenvalue weighted by molar-refractivity contribution is 0.0451. The molecule has 1 aromatic carbocycles. The van der Waals surface area contributed by atoms with Crippen LogP contribution in [0.2, 0.25) is 0 Å². The highest BCUT2D eigenvalue weighted by Crippen LogP contribution is 2.40. The van der Waals surface area contributed by atoms with Gasteiger partial charge in [-0.2, -0.15) is 5.26 Å². The molecular formula is C18H11FN4O3. The van der Waals surface area contributed by atoms with E-state index in [4.69, 9.17) is 20.1 Å². The minimum absolute atomic E-state index is 0.0646. The fourth-order valence-electron chi connectivity index (χ4n) is 2.98. The molecule has 3 aromatic rings. The van der Waals surface area contributed by atoms with Crippen molar-refractivity contribution < 1.29 is 18.3 Å². The number of aromatic nitrogens is 2. The average molecular weight is 350 g/mol. The molecule has 1 unspecified atom stereocenters. The number of hydrogen-bond donors (Lipinski definition) is 1. The summed E-state index contributed by atoms with van der Waals surface area (Å²) in [5.74, 6) is -1.04.